The van der Waals surface area contributed by atoms with Gasteiger partial charge in [-0.05, 0) is 37.5 Å². The van der Waals surface area contributed by atoms with Crippen LogP contribution in [-0.2, 0) is 5.41 Å². The van der Waals surface area contributed by atoms with Crippen molar-refractivity contribution in [3.05, 3.63) is 23.8 Å². The van der Waals surface area contributed by atoms with Crippen LogP contribution in [0, 0.1) is 0 Å². The molecule has 0 amide bonds. The Morgan fingerprint density at radius 1 is 1.38 bits per heavy atom. The molecule has 0 spiro atoms. The van der Waals surface area contributed by atoms with Crippen LogP contribution >= 0.6 is 0 Å². The smallest absolute Gasteiger partial charge is 0.161 e. The SMILES string of the molecule is CCOc1cc(C2(CO)CCC2)ccc1O. The molecular weight excluding hydrogens is 204 g/mol. The zero-order chi connectivity index (χ0) is 11.6. The van der Waals surface area contributed by atoms with Gasteiger partial charge in [0.25, 0.3) is 0 Å². The highest BCUT2D eigenvalue weighted by Gasteiger charge is 2.38. The van der Waals surface area contributed by atoms with Crippen LogP contribution in [0.4, 0.5) is 0 Å². The summed E-state index contributed by atoms with van der Waals surface area (Å²) in [6, 6.07) is 5.39. The third-order valence-corrected chi connectivity index (χ3v) is 3.49. The van der Waals surface area contributed by atoms with Crippen LogP contribution in [0.25, 0.3) is 0 Å². The van der Waals surface area contributed by atoms with E-state index in [9.17, 15) is 10.2 Å². The zero-order valence-electron chi connectivity index (χ0n) is 9.57. The Hall–Kier alpha value is -1.22. The van der Waals surface area contributed by atoms with Gasteiger partial charge in [0.05, 0.1) is 13.2 Å². The number of phenolic OH excluding ortho intramolecular Hbond substituents is 1. The van der Waals surface area contributed by atoms with Gasteiger partial charge in [-0.3, -0.25) is 0 Å². The lowest BCUT2D eigenvalue weighted by Gasteiger charge is -2.41. The molecule has 88 valence electrons. The van der Waals surface area contributed by atoms with Crippen molar-refractivity contribution in [3.8, 4) is 11.5 Å². The van der Waals surface area contributed by atoms with Gasteiger partial charge < -0.3 is 14.9 Å². The molecule has 0 bridgehead atoms. The quantitative estimate of drug-likeness (QED) is 0.821. The highest BCUT2D eigenvalue weighted by atomic mass is 16.5. The Kier molecular flexibility index (Phi) is 3.06. The molecule has 0 heterocycles. The minimum Gasteiger partial charge on any atom is -0.504 e. The molecule has 1 aromatic carbocycles. The number of aliphatic hydroxyl groups is 1. The molecule has 0 radical (unpaired) electrons. The second-order valence-electron chi connectivity index (χ2n) is 4.41. The Morgan fingerprint density at radius 2 is 2.12 bits per heavy atom. The fraction of sp³-hybridized carbons (Fsp3) is 0.538. The highest BCUT2D eigenvalue weighted by Crippen LogP contribution is 2.45. The standard InChI is InChI=1S/C13H18O3/c1-2-16-12-8-10(4-5-11(12)15)13(9-14)6-3-7-13/h4-5,8,14-15H,2-3,6-7,9H2,1H3. The molecule has 1 aromatic rings. The predicted molar refractivity (Wildman–Crippen MR) is 61.9 cm³/mol. The minimum atomic E-state index is -0.0977. The Bertz CT molecular complexity index is 364. The number of benzene rings is 1. The third kappa shape index (κ3) is 1.76. The summed E-state index contributed by atoms with van der Waals surface area (Å²) < 4.78 is 5.35. The fourth-order valence-corrected chi connectivity index (χ4v) is 2.26. The van der Waals surface area contributed by atoms with Crippen LogP contribution in [0.5, 0.6) is 11.5 Å². The van der Waals surface area contributed by atoms with E-state index < -0.39 is 0 Å². The van der Waals surface area contributed by atoms with E-state index in [0.717, 1.165) is 24.8 Å². The molecule has 0 aliphatic heterocycles. The van der Waals surface area contributed by atoms with Gasteiger partial charge in [-0.2, -0.15) is 0 Å². The molecule has 0 saturated heterocycles. The summed E-state index contributed by atoms with van der Waals surface area (Å²) in [5.41, 5.74) is 0.974. The predicted octanol–water partition coefficient (Wildman–Crippen LogP) is 2.20. The second kappa shape index (κ2) is 4.34. The molecule has 2 rings (SSSR count). The van der Waals surface area contributed by atoms with Gasteiger partial charge in [-0.25, -0.2) is 0 Å². The van der Waals surface area contributed by atoms with Crippen molar-refractivity contribution in [1.82, 2.24) is 0 Å². The first-order valence-corrected chi connectivity index (χ1v) is 5.79. The average Bonchev–Trinajstić information content (AvgIpc) is 2.22. The molecular formula is C13H18O3. The van der Waals surface area contributed by atoms with Gasteiger partial charge in [-0.15, -0.1) is 0 Å². The summed E-state index contributed by atoms with van der Waals surface area (Å²) in [5.74, 6) is 0.678. The van der Waals surface area contributed by atoms with Crippen molar-refractivity contribution in [1.29, 1.82) is 0 Å². The maximum absolute atomic E-state index is 9.61. The van der Waals surface area contributed by atoms with Crippen LogP contribution in [-0.4, -0.2) is 23.4 Å². The first kappa shape index (κ1) is 11.3. The number of rotatable bonds is 4. The molecule has 2 N–H and O–H groups in total. The molecule has 0 aromatic heterocycles. The molecule has 0 atom stereocenters. The van der Waals surface area contributed by atoms with Crippen molar-refractivity contribution in [2.24, 2.45) is 0 Å². The highest BCUT2D eigenvalue weighted by molar-refractivity contribution is 5.45. The van der Waals surface area contributed by atoms with Gasteiger partial charge >= 0.3 is 0 Å². The number of aliphatic hydroxyl groups excluding tert-OH is 1. The first-order chi connectivity index (χ1) is 7.72. The van der Waals surface area contributed by atoms with Crippen molar-refractivity contribution in [2.45, 2.75) is 31.6 Å². The van der Waals surface area contributed by atoms with E-state index in [1.54, 1.807) is 6.07 Å². The number of hydrogen-bond donors (Lipinski definition) is 2. The summed E-state index contributed by atoms with van der Waals surface area (Å²) in [7, 11) is 0. The number of ether oxygens (including phenoxy) is 1. The van der Waals surface area contributed by atoms with Gasteiger partial charge in [-0.1, -0.05) is 12.5 Å². The summed E-state index contributed by atoms with van der Waals surface area (Å²) in [6.07, 6.45) is 3.19. The van der Waals surface area contributed by atoms with E-state index in [1.165, 1.54) is 0 Å². The van der Waals surface area contributed by atoms with E-state index in [-0.39, 0.29) is 17.8 Å². The fourth-order valence-electron chi connectivity index (χ4n) is 2.26. The van der Waals surface area contributed by atoms with Crippen molar-refractivity contribution in [2.75, 3.05) is 13.2 Å². The first-order valence-electron chi connectivity index (χ1n) is 5.79. The number of hydrogen-bond acceptors (Lipinski definition) is 3. The van der Waals surface area contributed by atoms with E-state index >= 15 is 0 Å². The third-order valence-electron chi connectivity index (χ3n) is 3.49. The van der Waals surface area contributed by atoms with Gasteiger partial charge in [0, 0.05) is 5.41 Å². The lowest BCUT2D eigenvalue weighted by atomic mass is 9.65. The summed E-state index contributed by atoms with van der Waals surface area (Å²) in [4.78, 5) is 0. The van der Waals surface area contributed by atoms with Gasteiger partial charge in [0.1, 0.15) is 0 Å². The summed E-state index contributed by atoms with van der Waals surface area (Å²) in [6.45, 7) is 2.59. The molecule has 3 heteroatoms. The average molecular weight is 222 g/mol. The molecule has 1 fully saturated rings. The summed E-state index contributed by atoms with van der Waals surface area (Å²) >= 11 is 0. The maximum atomic E-state index is 9.61. The summed E-state index contributed by atoms with van der Waals surface area (Å²) in [5, 5.41) is 19.1. The van der Waals surface area contributed by atoms with Crippen molar-refractivity contribution < 1.29 is 14.9 Å². The van der Waals surface area contributed by atoms with Crippen molar-refractivity contribution >= 4 is 0 Å². The normalized spacial score (nSPS) is 17.9. The lowest BCUT2D eigenvalue weighted by molar-refractivity contribution is 0.120. The van der Waals surface area contributed by atoms with Gasteiger partial charge in [0.2, 0.25) is 0 Å². The Labute approximate surface area is 95.7 Å². The number of phenols is 1. The van der Waals surface area contributed by atoms with E-state index in [1.807, 2.05) is 19.1 Å². The van der Waals surface area contributed by atoms with Crippen LogP contribution in [0.15, 0.2) is 18.2 Å². The monoisotopic (exact) mass is 222 g/mol. The van der Waals surface area contributed by atoms with Crippen LogP contribution in [0.2, 0.25) is 0 Å². The molecule has 1 saturated carbocycles. The van der Waals surface area contributed by atoms with Gasteiger partial charge in [0.15, 0.2) is 11.5 Å². The lowest BCUT2D eigenvalue weighted by Crippen LogP contribution is -2.37. The van der Waals surface area contributed by atoms with E-state index in [0.29, 0.717) is 12.4 Å². The van der Waals surface area contributed by atoms with E-state index in [4.69, 9.17) is 4.74 Å². The largest absolute Gasteiger partial charge is 0.504 e. The number of aromatic hydroxyl groups is 1. The molecule has 1 aliphatic rings. The van der Waals surface area contributed by atoms with E-state index in [2.05, 4.69) is 0 Å². The van der Waals surface area contributed by atoms with Crippen molar-refractivity contribution in [3.63, 3.8) is 0 Å². The minimum absolute atomic E-state index is 0.0977. The molecule has 1 aliphatic carbocycles. The second-order valence-corrected chi connectivity index (χ2v) is 4.41. The van der Waals surface area contributed by atoms with Crippen LogP contribution < -0.4 is 4.74 Å². The zero-order valence-corrected chi connectivity index (χ0v) is 9.57. The Morgan fingerprint density at radius 3 is 2.62 bits per heavy atom. The molecule has 16 heavy (non-hydrogen) atoms. The van der Waals surface area contributed by atoms with Crippen LogP contribution in [0.3, 0.4) is 0 Å². The topological polar surface area (TPSA) is 49.7 Å². The Balaban J connectivity index is 2.31. The molecule has 0 unspecified atom stereocenters. The molecule has 3 nitrogen and oxygen atoms in total. The maximum Gasteiger partial charge on any atom is 0.161 e. The van der Waals surface area contributed by atoms with Crippen LogP contribution in [0.1, 0.15) is 31.7 Å².